The summed E-state index contributed by atoms with van der Waals surface area (Å²) in [5.74, 6) is 1.06. The number of rotatable bonds is 7. The number of ether oxygens (including phenoxy) is 1. The van der Waals surface area contributed by atoms with Crippen molar-refractivity contribution in [3.8, 4) is 16.9 Å². The summed E-state index contributed by atoms with van der Waals surface area (Å²) in [7, 11) is 1.51. The predicted molar refractivity (Wildman–Crippen MR) is 113 cm³/mol. The average Bonchev–Trinajstić information content (AvgIpc) is 2.64. The van der Waals surface area contributed by atoms with Gasteiger partial charge in [-0.2, -0.15) is 13.2 Å². The van der Waals surface area contributed by atoms with Gasteiger partial charge < -0.3 is 15.4 Å². The Morgan fingerprint density at radius 3 is 2.26 bits per heavy atom. The molecule has 8 heteroatoms. The van der Waals surface area contributed by atoms with Gasteiger partial charge in [0.1, 0.15) is 12.4 Å². The SMILES string of the molecule is CN=C(NCCOc1ccccc1-c1ccccc1)NCCC(F)(F)F.I. The van der Waals surface area contributed by atoms with Crippen LogP contribution in [-0.4, -0.2) is 38.9 Å². The van der Waals surface area contributed by atoms with Crippen molar-refractivity contribution in [3.63, 3.8) is 0 Å². The summed E-state index contributed by atoms with van der Waals surface area (Å²) in [6.45, 7) is 0.541. The normalized spacial score (nSPS) is 11.5. The largest absolute Gasteiger partial charge is 0.491 e. The molecular weight excluding hydrogens is 470 g/mol. The van der Waals surface area contributed by atoms with Crippen LogP contribution in [0.25, 0.3) is 11.1 Å². The van der Waals surface area contributed by atoms with Crippen molar-refractivity contribution < 1.29 is 17.9 Å². The minimum absolute atomic E-state index is 0. The second-order valence-electron chi connectivity index (χ2n) is 5.50. The lowest BCUT2D eigenvalue weighted by Gasteiger charge is -2.14. The summed E-state index contributed by atoms with van der Waals surface area (Å²) in [5, 5.41) is 5.56. The summed E-state index contributed by atoms with van der Waals surface area (Å²) in [4.78, 5) is 3.89. The first-order chi connectivity index (χ1) is 12.5. The fraction of sp³-hybridized carbons (Fsp3) is 0.316. The van der Waals surface area contributed by atoms with Crippen LogP contribution in [0.15, 0.2) is 59.6 Å². The lowest BCUT2D eigenvalue weighted by Crippen LogP contribution is -2.40. The molecule has 0 unspecified atom stereocenters. The van der Waals surface area contributed by atoms with Crippen molar-refractivity contribution >= 4 is 29.9 Å². The number of hydrogen-bond donors (Lipinski definition) is 2. The Kier molecular flexibility index (Phi) is 9.98. The van der Waals surface area contributed by atoms with Gasteiger partial charge in [-0.1, -0.05) is 48.5 Å². The van der Waals surface area contributed by atoms with Gasteiger partial charge in [0.05, 0.1) is 13.0 Å². The van der Waals surface area contributed by atoms with Crippen LogP contribution in [0.3, 0.4) is 0 Å². The van der Waals surface area contributed by atoms with Crippen LogP contribution < -0.4 is 15.4 Å². The first kappa shape index (κ1) is 23.1. The van der Waals surface area contributed by atoms with Gasteiger partial charge in [0.25, 0.3) is 0 Å². The van der Waals surface area contributed by atoms with E-state index in [2.05, 4.69) is 15.6 Å². The lowest BCUT2D eigenvalue weighted by molar-refractivity contribution is -0.132. The third-order valence-corrected chi connectivity index (χ3v) is 3.55. The molecule has 148 valence electrons. The number of hydrogen-bond acceptors (Lipinski definition) is 2. The number of benzene rings is 2. The number of para-hydroxylation sites is 1. The summed E-state index contributed by atoms with van der Waals surface area (Å²) in [6.07, 6.45) is -5.09. The molecule has 0 radical (unpaired) electrons. The molecule has 2 rings (SSSR count). The van der Waals surface area contributed by atoms with E-state index in [1.165, 1.54) is 7.05 Å². The van der Waals surface area contributed by atoms with Gasteiger partial charge in [-0.25, -0.2) is 0 Å². The highest BCUT2D eigenvalue weighted by atomic mass is 127. The molecule has 0 fully saturated rings. The van der Waals surface area contributed by atoms with Crippen molar-refractivity contribution in [1.82, 2.24) is 10.6 Å². The Hall–Kier alpha value is -1.97. The standard InChI is InChI=1S/C19H22F3N3O.HI/c1-23-18(24-12-11-19(20,21)22)25-13-14-26-17-10-6-5-9-16(17)15-7-3-2-4-8-15;/h2-10H,11-14H2,1H3,(H2,23,24,25);1H. The van der Waals surface area contributed by atoms with E-state index in [0.717, 1.165) is 16.9 Å². The third-order valence-electron chi connectivity index (χ3n) is 3.55. The molecule has 0 aromatic heterocycles. The van der Waals surface area contributed by atoms with Gasteiger partial charge >= 0.3 is 6.18 Å². The zero-order valence-electron chi connectivity index (χ0n) is 14.9. The van der Waals surface area contributed by atoms with Crippen LogP contribution in [0.5, 0.6) is 5.75 Å². The molecule has 0 bridgehead atoms. The van der Waals surface area contributed by atoms with E-state index in [4.69, 9.17) is 4.74 Å². The zero-order valence-corrected chi connectivity index (χ0v) is 17.3. The van der Waals surface area contributed by atoms with Crippen LogP contribution in [0.4, 0.5) is 13.2 Å². The molecule has 0 atom stereocenters. The molecule has 2 N–H and O–H groups in total. The van der Waals surface area contributed by atoms with Crippen LogP contribution in [-0.2, 0) is 0 Å². The molecule has 2 aromatic carbocycles. The van der Waals surface area contributed by atoms with Gasteiger partial charge in [0.15, 0.2) is 5.96 Å². The summed E-state index contributed by atoms with van der Waals surface area (Å²) in [5.41, 5.74) is 2.04. The number of halogens is 4. The highest BCUT2D eigenvalue weighted by Gasteiger charge is 2.26. The molecular formula is C19H23F3IN3O. The molecule has 4 nitrogen and oxygen atoms in total. The summed E-state index contributed by atoms with van der Waals surface area (Å²) < 4.78 is 42.3. The molecule has 0 aliphatic rings. The van der Waals surface area contributed by atoms with Crippen molar-refractivity contribution in [3.05, 3.63) is 54.6 Å². The highest BCUT2D eigenvalue weighted by Crippen LogP contribution is 2.29. The van der Waals surface area contributed by atoms with Crippen LogP contribution in [0.1, 0.15) is 6.42 Å². The highest BCUT2D eigenvalue weighted by molar-refractivity contribution is 14.0. The van der Waals surface area contributed by atoms with Gasteiger partial charge in [0.2, 0.25) is 0 Å². The van der Waals surface area contributed by atoms with E-state index in [-0.39, 0.29) is 30.5 Å². The number of alkyl halides is 3. The molecule has 27 heavy (non-hydrogen) atoms. The lowest BCUT2D eigenvalue weighted by atomic mass is 10.1. The van der Waals surface area contributed by atoms with E-state index in [0.29, 0.717) is 19.1 Å². The van der Waals surface area contributed by atoms with Crippen LogP contribution in [0, 0.1) is 0 Å². The second-order valence-corrected chi connectivity index (χ2v) is 5.50. The topological polar surface area (TPSA) is 45.7 Å². The molecule has 0 heterocycles. The maximum absolute atomic E-state index is 12.2. The molecule has 0 saturated carbocycles. The summed E-state index contributed by atoms with van der Waals surface area (Å²) in [6, 6.07) is 17.6. The monoisotopic (exact) mass is 493 g/mol. The van der Waals surface area contributed by atoms with E-state index < -0.39 is 12.6 Å². The summed E-state index contributed by atoms with van der Waals surface area (Å²) >= 11 is 0. The average molecular weight is 493 g/mol. The number of nitrogens with zero attached hydrogens (tertiary/aromatic N) is 1. The van der Waals surface area contributed by atoms with E-state index in [1.54, 1.807) is 0 Å². The van der Waals surface area contributed by atoms with E-state index >= 15 is 0 Å². The zero-order chi connectivity index (χ0) is 18.8. The Balaban J connectivity index is 0.00000364. The van der Waals surface area contributed by atoms with Gasteiger partial charge in [-0.15, -0.1) is 24.0 Å². The van der Waals surface area contributed by atoms with Gasteiger partial charge in [-0.05, 0) is 11.6 Å². The Morgan fingerprint density at radius 2 is 1.59 bits per heavy atom. The fourth-order valence-electron chi connectivity index (χ4n) is 2.32. The van der Waals surface area contributed by atoms with Crippen molar-refractivity contribution in [2.75, 3.05) is 26.7 Å². The third kappa shape index (κ3) is 8.51. The van der Waals surface area contributed by atoms with Crippen LogP contribution >= 0.6 is 24.0 Å². The van der Waals surface area contributed by atoms with Gasteiger partial charge in [0, 0.05) is 19.2 Å². The molecule has 0 aliphatic carbocycles. The van der Waals surface area contributed by atoms with E-state index in [9.17, 15) is 13.2 Å². The molecule has 0 saturated heterocycles. The molecule has 2 aromatic rings. The Morgan fingerprint density at radius 1 is 0.963 bits per heavy atom. The fourth-order valence-corrected chi connectivity index (χ4v) is 2.32. The second kappa shape index (κ2) is 11.7. The quantitative estimate of drug-likeness (QED) is 0.259. The Labute approximate surface area is 174 Å². The van der Waals surface area contributed by atoms with Crippen LogP contribution in [0.2, 0.25) is 0 Å². The van der Waals surface area contributed by atoms with Crippen molar-refractivity contribution in [2.45, 2.75) is 12.6 Å². The number of aliphatic imine (C=N–C) groups is 1. The number of nitrogens with one attached hydrogen (secondary N) is 2. The van der Waals surface area contributed by atoms with Gasteiger partial charge in [-0.3, -0.25) is 4.99 Å². The molecule has 0 aliphatic heterocycles. The maximum Gasteiger partial charge on any atom is 0.390 e. The smallest absolute Gasteiger partial charge is 0.390 e. The number of guanidine groups is 1. The first-order valence-corrected chi connectivity index (χ1v) is 8.28. The van der Waals surface area contributed by atoms with Crippen molar-refractivity contribution in [1.29, 1.82) is 0 Å². The first-order valence-electron chi connectivity index (χ1n) is 8.28. The van der Waals surface area contributed by atoms with Crippen molar-refractivity contribution in [2.24, 2.45) is 4.99 Å². The van der Waals surface area contributed by atoms with E-state index in [1.807, 2.05) is 54.6 Å². The Bertz CT molecular complexity index is 709. The predicted octanol–water partition coefficient (Wildman–Crippen LogP) is 4.47. The minimum atomic E-state index is -4.18. The molecule has 0 spiro atoms. The molecule has 0 amide bonds. The minimum Gasteiger partial charge on any atom is -0.491 e. The maximum atomic E-state index is 12.2.